The predicted octanol–water partition coefficient (Wildman–Crippen LogP) is 0.782. The van der Waals surface area contributed by atoms with Crippen molar-refractivity contribution in [3.05, 3.63) is 44.7 Å². The lowest BCUT2D eigenvalue weighted by molar-refractivity contribution is 0.603. The summed E-state index contributed by atoms with van der Waals surface area (Å²) in [4.78, 5) is 22.9. The van der Waals surface area contributed by atoms with E-state index < -0.39 is 0 Å². The zero-order chi connectivity index (χ0) is 10.7. The molecule has 0 saturated carbocycles. The normalized spacial score (nSPS) is 10.1. The van der Waals surface area contributed by atoms with Gasteiger partial charge in [-0.05, 0) is 6.92 Å². The molecule has 5 heteroatoms. The van der Waals surface area contributed by atoms with E-state index >= 15 is 0 Å². The molecule has 0 fully saturated rings. The van der Waals surface area contributed by atoms with Crippen molar-refractivity contribution in [3.8, 4) is 0 Å². The fourth-order valence-electron chi connectivity index (χ4n) is 1.11. The van der Waals surface area contributed by atoms with Crippen molar-refractivity contribution in [2.24, 2.45) is 0 Å². The Morgan fingerprint density at radius 1 is 1.57 bits per heavy atom. The van der Waals surface area contributed by atoms with Gasteiger partial charge in [0, 0.05) is 23.8 Å². The molecule has 0 amide bonds. The SMILES string of the molecule is C=C(Cl)Cn1c(=O)ccn(CC)c1=O. The van der Waals surface area contributed by atoms with E-state index in [2.05, 4.69) is 6.58 Å². The van der Waals surface area contributed by atoms with Gasteiger partial charge in [-0.1, -0.05) is 18.2 Å². The summed E-state index contributed by atoms with van der Waals surface area (Å²) in [5.74, 6) is 0. The molecule has 1 heterocycles. The van der Waals surface area contributed by atoms with Gasteiger partial charge in [-0.15, -0.1) is 0 Å². The van der Waals surface area contributed by atoms with Crippen LogP contribution in [0.3, 0.4) is 0 Å². The van der Waals surface area contributed by atoms with Crippen molar-refractivity contribution in [3.63, 3.8) is 0 Å². The molecule has 14 heavy (non-hydrogen) atoms. The molecule has 0 aliphatic heterocycles. The van der Waals surface area contributed by atoms with Gasteiger partial charge in [-0.2, -0.15) is 0 Å². The number of hydrogen-bond acceptors (Lipinski definition) is 2. The first kappa shape index (κ1) is 10.8. The Morgan fingerprint density at radius 3 is 2.71 bits per heavy atom. The van der Waals surface area contributed by atoms with Gasteiger partial charge in [-0.3, -0.25) is 9.36 Å². The maximum absolute atomic E-state index is 11.6. The first-order valence-electron chi connectivity index (χ1n) is 4.19. The van der Waals surface area contributed by atoms with E-state index in [1.54, 1.807) is 0 Å². The third kappa shape index (κ3) is 2.14. The average Bonchev–Trinajstić information content (AvgIpc) is 2.12. The summed E-state index contributed by atoms with van der Waals surface area (Å²) < 4.78 is 2.49. The van der Waals surface area contributed by atoms with Crippen molar-refractivity contribution in [1.29, 1.82) is 0 Å². The second kappa shape index (κ2) is 4.28. The number of rotatable bonds is 3. The molecule has 0 N–H and O–H groups in total. The molecule has 1 aromatic rings. The fourth-order valence-corrected chi connectivity index (χ4v) is 1.23. The summed E-state index contributed by atoms with van der Waals surface area (Å²) in [5.41, 5.74) is -0.719. The Bertz CT molecular complexity index is 459. The second-order valence-electron chi connectivity index (χ2n) is 2.83. The molecule has 0 aliphatic carbocycles. The lowest BCUT2D eigenvalue weighted by Gasteiger charge is -2.06. The summed E-state index contributed by atoms with van der Waals surface area (Å²) >= 11 is 5.55. The van der Waals surface area contributed by atoms with Crippen LogP contribution >= 0.6 is 11.6 Å². The lowest BCUT2D eigenvalue weighted by atomic mass is 10.5. The molecule has 1 aromatic heterocycles. The van der Waals surface area contributed by atoms with Crippen LogP contribution in [-0.2, 0) is 13.1 Å². The molecule has 76 valence electrons. The largest absolute Gasteiger partial charge is 0.331 e. The van der Waals surface area contributed by atoms with Crippen molar-refractivity contribution in [2.75, 3.05) is 0 Å². The number of allylic oxidation sites excluding steroid dienone is 1. The number of aryl methyl sites for hydroxylation is 1. The van der Waals surface area contributed by atoms with E-state index in [-0.39, 0.29) is 22.8 Å². The quantitative estimate of drug-likeness (QED) is 0.747. The minimum atomic E-state index is -0.360. The van der Waals surface area contributed by atoms with E-state index in [9.17, 15) is 9.59 Å². The topological polar surface area (TPSA) is 44.0 Å². The second-order valence-corrected chi connectivity index (χ2v) is 3.36. The first-order chi connectivity index (χ1) is 6.56. The van der Waals surface area contributed by atoms with Crippen LogP contribution < -0.4 is 11.2 Å². The molecule has 0 atom stereocenters. The van der Waals surface area contributed by atoms with Gasteiger partial charge >= 0.3 is 5.69 Å². The Labute approximate surface area is 86.1 Å². The van der Waals surface area contributed by atoms with Crippen LogP contribution in [-0.4, -0.2) is 9.13 Å². The van der Waals surface area contributed by atoms with E-state index in [4.69, 9.17) is 11.6 Å². The van der Waals surface area contributed by atoms with Gasteiger partial charge < -0.3 is 4.57 Å². The summed E-state index contributed by atoms with van der Waals surface area (Å²) in [6.07, 6.45) is 1.47. The highest BCUT2D eigenvalue weighted by Gasteiger charge is 2.03. The molecule has 0 saturated heterocycles. The Hall–Kier alpha value is -1.29. The summed E-state index contributed by atoms with van der Waals surface area (Å²) in [7, 11) is 0. The predicted molar refractivity (Wildman–Crippen MR) is 55.6 cm³/mol. The highest BCUT2D eigenvalue weighted by molar-refractivity contribution is 6.29. The van der Waals surface area contributed by atoms with Gasteiger partial charge in [0.25, 0.3) is 5.56 Å². The maximum Gasteiger partial charge on any atom is 0.331 e. The number of nitrogens with zero attached hydrogens (tertiary/aromatic N) is 2. The van der Waals surface area contributed by atoms with Crippen molar-refractivity contribution in [2.45, 2.75) is 20.0 Å². The number of aromatic nitrogens is 2. The monoisotopic (exact) mass is 214 g/mol. The standard InChI is InChI=1S/C9H11ClN2O2/c1-3-11-5-4-8(13)12(9(11)14)6-7(2)10/h4-5H,2-3,6H2,1H3. The Kier molecular flexibility index (Phi) is 3.30. The molecular formula is C9H11ClN2O2. The summed E-state index contributed by atoms with van der Waals surface area (Å²) in [6, 6.07) is 1.34. The lowest BCUT2D eigenvalue weighted by Crippen LogP contribution is -2.38. The van der Waals surface area contributed by atoms with Gasteiger partial charge in [0.05, 0.1) is 6.54 Å². The van der Waals surface area contributed by atoms with Crippen molar-refractivity contribution in [1.82, 2.24) is 9.13 Å². The third-order valence-corrected chi connectivity index (χ3v) is 1.93. The molecule has 1 rings (SSSR count). The molecule has 0 radical (unpaired) electrons. The third-order valence-electron chi connectivity index (χ3n) is 1.81. The number of hydrogen-bond donors (Lipinski definition) is 0. The molecule has 0 aliphatic rings. The first-order valence-corrected chi connectivity index (χ1v) is 4.57. The zero-order valence-corrected chi connectivity index (χ0v) is 8.62. The van der Waals surface area contributed by atoms with Crippen LogP contribution in [0.4, 0.5) is 0 Å². The summed E-state index contributed by atoms with van der Waals surface area (Å²) in [5, 5.41) is 0.262. The molecule has 0 bridgehead atoms. The smallest absolute Gasteiger partial charge is 0.301 e. The zero-order valence-electron chi connectivity index (χ0n) is 7.86. The fraction of sp³-hybridized carbons (Fsp3) is 0.333. The average molecular weight is 215 g/mol. The summed E-state index contributed by atoms with van der Waals surface area (Å²) in [6.45, 7) is 5.85. The molecule has 0 unspecified atom stereocenters. The van der Waals surface area contributed by atoms with Gasteiger partial charge in [0.1, 0.15) is 0 Å². The Balaban J connectivity index is 3.33. The van der Waals surface area contributed by atoms with Crippen LogP contribution in [0.25, 0.3) is 0 Å². The van der Waals surface area contributed by atoms with Crippen LogP contribution in [0.5, 0.6) is 0 Å². The van der Waals surface area contributed by atoms with Gasteiger partial charge in [0.15, 0.2) is 0 Å². The van der Waals surface area contributed by atoms with Crippen molar-refractivity contribution >= 4 is 11.6 Å². The van der Waals surface area contributed by atoms with E-state index in [1.165, 1.54) is 16.8 Å². The molecule has 4 nitrogen and oxygen atoms in total. The van der Waals surface area contributed by atoms with E-state index in [0.29, 0.717) is 6.54 Å². The van der Waals surface area contributed by atoms with E-state index in [1.807, 2.05) is 6.92 Å². The van der Waals surface area contributed by atoms with Gasteiger partial charge in [0.2, 0.25) is 0 Å². The van der Waals surface area contributed by atoms with Crippen LogP contribution in [0, 0.1) is 0 Å². The molecule has 0 spiro atoms. The molecular weight excluding hydrogens is 204 g/mol. The maximum atomic E-state index is 11.6. The minimum Gasteiger partial charge on any atom is -0.301 e. The molecule has 0 aromatic carbocycles. The van der Waals surface area contributed by atoms with Gasteiger partial charge in [-0.25, -0.2) is 4.79 Å². The van der Waals surface area contributed by atoms with Crippen molar-refractivity contribution < 1.29 is 0 Å². The van der Waals surface area contributed by atoms with E-state index in [0.717, 1.165) is 4.57 Å². The van der Waals surface area contributed by atoms with Crippen LogP contribution in [0.2, 0.25) is 0 Å². The number of halogens is 1. The minimum absolute atomic E-state index is 0.0556. The highest BCUT2D eigenvalue weighted by Crippen LogP contribution is 1.96. The van der Waals surface area contributed by atoms with Crippen LogP contribution in [0.15, 0.2) is 33.5 Å². The highest BCUT2D eigenvalue weighted by atomic mass is 35.5. The van der Waals surface area contributed by atoms with Crippen LogP contribution in [0.1, 0.15) is 6.92 Å². The Morgan fingerprint density at radius 2 is 2.21 bits per heavy atom.